The molecule has 0 heterocycles. The second-order valence-corrected chi connectivity index (χ2v) is 9.14. The molecule has 2 aromatic rings. The van der Waals surface area contributed by atoms with Gasteiger partial charge in [0.2, 0.25) is 11.8 Å². The summed E-state index contributed by atoms with van der Waals surface area (Å²) in [6.07, 6.45) is 0.265. The predicted molar refractivity (Wildman–Crippen MR) is 117 cm³/mol. The molecule has 0 unspecified atom stereocenters. The molecule has 2 rings (SSSR count). The first-order chi connectivity index (χ1) is 13.0. The van der Waals surface area contributed by atoms with Gasteiger partial charge in [-0.15, -0.1) is 0 Å². The molecule has 0 aliphatic rings. The number of benzene rings is 2. The summed E-state index contributed by atoms with van der Waals surface area (Å²) in [6.45, 7) is 9.98. The van der Waals surface area contributed by atoms with Gasteiger partial charge in [-0.25, -0.2) is 0 Å². The van der Waals surface area contributed by atoms with Crippen molar-refractivity contribution >= 4 is 27.7 Å². The van der Waals surface area contributed by atoms with Crippen LogP contribution in [0.3, 0.4) is 0 Å². The van der Waals surface area contributed by atoms with Crippen molar-refractivity contribution < 1.29 is 9.59 Å². The molecule has 2 amide bonds. The fraction of sp³-hybridized carbons (Fsp3) is 0.391. The molecule has 4 nitrogen and oxygen atoms in total. The van der Waals surface area contributed by atoms with Crippen molar-refractivity contribution in [2.75, 3.05) is 0 Å². The molecule has 0 fully saturated rings. The summed E-state index contributed by atoms with van der Waals surface area (Å²) in [6, 6.07) is 15.2. The largest absolute Gasteiger partial charge is 0.350 e. The number of rotatable bonds is 6. The van der Waals surface area contributed by atoms with Crippen molar-refractivity contribution in [2.45, 2.75) is 59.2 Å². The summed E-state index contributed by atoms with van der Waals surface area (Å²) < 4.78 is 0.947. The highest BCUT2D eigenvalue weighted by molar-refractivity contribution is 9.10. The molecule has 1 atom stereocenters. The Morgan fingerprint density at radius 1 is 1.07 bits per heavy atom. The Morgan fingerprint density at radius 2 is 1.71 bits per heavy atom. The standard InChI is InChI=1S/C23H29BrN2O2/c1-16-9-11-18(12-10-16)14-21(27)26(15-19-7-6-8-20(24)13-19)17(2)22(28)25-23(3,4)5/h6-13,17H,14-15H2,1-5H3,(H,25,28)/t17-/m0/s1. The molecule has 0 saturated carbocycles. The first-order valence-electron chi connectivity index (χ1n) is 9.46. The predicted octanol–water partition coefficient (Wildman–Crippen LogP) is 4.63. The van der Waals surface area contributed by atoms with Gasteiger partial charge in [0.1, 0.15) is 6.04 Å². The summed E-state index contributed by atoms with van der Waals surface area (Å²) in [5.74, 6) is -0.222. The minimum atomic E-state index is -0.573. The fourth-order valence-corrected chi connectivity index (χ4v) is 3.32. The van der Waals surface area contributed by atoms with Gasteiger partial charge >= 0.3 is 0 Å². The Labute approximate surface area is 176 Å². The number of carbonyl (C=O) groups is 2. The second-order valence-electron chi connectivity index (χ2n) is 8.23. The van der Waals surface area contributed by atoms with E-state index in [1.54, 1.807) is 11.8 Å². The van der Waals surface area contributed by atoms with Crippen molar-refractivity contribution in [3.8, 4) is 0 Å². The van der Waals surface area contributed by atoms with Gasteiger partial charge in [0.05, 0.1) is 6.42 Å². The monoisotopic (exact) mass is 444 g/mol. The van der Waals surface area contributed by atoms with Crippen LogP contribution >= 0.6 is 15.9 Å². The molecule has 0 aromatic heterocycles. The zero-order chi connectivity index (χ0) is 20.9. The quantitative estimate of drug-likeness (QED) is 0.705. The van der Waals surface area contributed by atoms with E-state index in [4.69, 9.17) is 0 Å². The van der Waals surface area contributed by atoms with E-state index in [1.165, 1.54) is 0 Å². The number of nitrogens with one attached hydrogen (secondary N) is 1. The molecule has 0 aliphatic carbocycles. The molecule has 2 aromatic carbocycles. The summed E-state index contributed by atoms with van der Waals surface area (Å²) in [5.41, 5.74) is 2.72. The number of halogens is 1. The van der Waals surface area contributed by atoms with Crippen LogP contribution in [0.2, 0.25) is 0 Å². The number of aryl methyl sites for hydroxylation is 1. The van der Waals surface area contributed by atoms with Crippen molar-refractivity contribution in [1.29, 1.82) is 0 Å². The van der Waals surface area contributed by atoms with E-state index in [0.717, 1.165) is 21.2 Å². The molecule has 28 heavy (non-hydrogen) atoms. The Kier molecular flexibility index (Phi) is 7.41. The molecule has 5 heteroatoms. The van der Waals surface area contributed by atoms with E-state index in [9.17, 15) is 9.59 Å². The lowest BCUT2D eigenvalue weighted by molar-refractivity contribution is -0.140. The molecular formula is C23H29BrN2O2. The highest BCUT2D eigenvalue weighted by Gasteiger charge is 2.28. The maximum absolute atomic E-state index is 13.1. The lowest BCUT2D eigenvalue weighted by atomic mass is 10.1. The summed E-state index contributed by atoms with van der Waals surface area (Å²) in [5, 5.41) is 2.98. The molecule has 150 valence electrons. The average molecular weight is 445 g/mol. The van der Waals surface area contributed by atoms with Crippen LogP contribution in [0.4, 0.5) is 0 Å². The second kappa shape index (κ2) is 9.37. The highest BCUT2D eigenvalue weighted by atomic mass is 79.9. The smallest absolute Gasteiger partial charge is 0.242 e. The molecule has 0 saturated heterocycles. The van der Waals surface area contributed by atoms with Crippen LogP contribution in [0, 0.1) is 6.92 Å². The Balaban J connectivity index is 2.24. The lowest BCUT2D eigenvalue weighted by Gasteiger charge is -2.31. The van der Waals surface area contributed by atoms with Gasteiger partial charge in [-0.2, -0.15) is 0 Å². The molecule has 1 N–H and O–H groups in total. The number of hydrogen-bond donors (Lipinski definition) is 1. The number of carbonyl (C=O) groups excluding carboxylic acids is 2. The Bertz CT molecular complexity index is 825. The normalized spacial score (nSPS) is 12.4. The minimum Gasteiger partial charge on any atom is -0.350 e. The van der Waals surface area contributed by atoms with Gasteiger partial charge in [-0.05, 0) is 57.9 Å². The van der Waals surface area contributed by atoms with E-state index < -0.39 is 6.04 Å². The van der Waals surface area contributed by atoms with E-state index in [0.29, 0.717) is 6.54 Å². The van der Waals surface area contributed by atoms with Crippen molar-refractivity contribution in [3.05, 3.63) is 69.7 Å². The number of nitrogens with zero attached hydrogens (tertiary/aromatic N) is 1. The maximum atomic E-state index is 13.1. The van der Waals surface area contributed by atoms with Crippen LogP contribution in [0.1, 0.15) is 44.4 Å². The summed E-state index contributed by atoms with van der Waals surface area (Å²) >= 11 is 3.47. The zero-order valence-corrected chi connectivity index (χ0v) is 18.8. The van der Waals surface area contributed by atoms with E-state index in [-0.39, 0.29) is 23.8 Å². The number of amides is 2. The summed E-state index contributed by atoms with van der Waals surface area (Å²) in [4.78, 5) is 27.5. The van der Waals surface area contributed by atoms with Gasteiger partial charge in [0, 0.05) is 16.6 Å². The van der Waals surface area contributed by atoms with Gasteiger partial charge in [0.15, 0.2) is 0 Å². The van der Waals surface area contributed by atoms with Crippen LogP contribution < -0.4 is 5.32 Å². The van der Waals surface area contributed by atoms with Gasteiger partial charge in [-0.1, -0.05) is 57.9 Å². The van der Waals surface area contributed by atoms with E-state index in [1.807, 2.05) is 76.2 Å². The van der Waals surface area contributed by atoms with Crippen LogP contribution in [-0.4, -0.2) is 28.3 Å². The average Bonchev–Trinajstić information content (AvgIpc) is 2.59. The molecule has 0 radical (unpaired) electrons. The first kappa shape index (κ1) is 22.2. The SMILES string of the molecule is Cc1ccc(CC(=O)N(Cc2cccc(Br)c2)[C@@H](C)C(=O)NC(C)(C)C)cc1. The Hall–Kier alpha value is -2.14. The van der Waals surface area contributed by atoms with Crippen LogP contribution in [0.25, 0.3) is 0 Å². The molecule has 0 bridgehead atoms. The third-order valence-electron chi connectivity index (χ3n) is 4.38. The Morgan fingerprint density at radius 3 is 2.29 bits per heavy atom. The first-order valence-corrected chi connectivity index (χ1v) is 10.3. The molecule has 0 aliphatic heterocycles. The van der Waals surface area contributed by atoms with Crippen molar-refractivity contribution in [1.82, 2.24) is 10.2 Å². The molecular weight excluding hydrogens is 416 g/mol. The van der Waals surface area contributed by atoms with Gasteiger partial charge in [-0.3, -0.25) is 9.59 Å². The van der Waals surface area contributed by atoms with Crippen molar-refractivity contribution in [3.63, 3.8) is 0 Å². The van der Waals surface area contributed by atoms with Crippen LogP contribution in [0.5, 0.6) is 0 Å². The third kappa shape index (κ3) is 6.79. The van der Waals surface area contributed by atoms with Gasteiger partial charge in [0.25, 0.3) is 0 Å². The number of hydrogen-bond acceptors (Lipinski definition) is 2. The molecule has 0 spiro atoms. The van der Waals surface area contributed by atoms with E-state index in [2.05, 4.69) is 21.2 Å². The van der Waals surface area contributed by atoms with Gasteiger partial charge < -0.3 is 10.2 Å². The lowest BCUT2D eigenvalue weighted by Crippen LogP contribution is -2.52. The topological polar surface area (TPSA) is 49.4 Å². The van der Waals surface area contributed by atoms with E-state index >= 15 is 0 Å². The highest BCUT2D eigenvalue weighted by Crippen LogP contribution is 2.17. The van der Waals surface area contributed by atoms with Crippen LogP contribution in [0.15, 0.2) is 53.0 Å². The van der Waals surface area contributed by atoms with Crippen molar-refractivity contribution in [2.24, 2.45) is 0 Å². The summed E-state index contributed by atoms with van der Waals surface area (Å²) in [7, 11) is 0. The zero-order valence-electron chi connectivity index (χ0n) is 17.3. The third-order valence-corrected chi connectivity index (χ3v) is 4.88. The fourth-order valence-electron chi connectivity index (χ4n) is 2.87. The minimum absolute atomic E-state index is 0.0691. The maximum Gasteiger partial charge on any atom is 0.242 e. The van der Waals surface area contributed by atoms with Crippen LogP contribution in [-0.2, 0) is 22.6 Å².